The molecule has 0 aromatic heterocycles. The Labute approximate surface area is 116 Å². The molecule has 3 atom stereocenters. The molecule has 2 aliphatic heterocycles. The van der Waals surface area contributed by atoms with Crippen molar-refractivity contribution in [1.29, 1.82) is 0 Å². The molecule has 3 unspecified atom stereocenters. The maximum atomic E-state index is 12.3. The van der Waals surface area contributed by atoms with Gasteiger partial charge in [-0.25, -0.2) is 12.7 Å². The van der Waals surface area contributed by atoms with Gasteiger partial charge in [-0.1, -0.05) is 6.42 Å². The summed E-state index contributed by atoms with van der Waals surface area (Å²) in [4.78, 5) is 0. The molecule has 112 valence electrons. The number of hydrogen-bond donors (Lipinski definition) is 2. The lowest BCUT2D eigenvalue weighted by atomic mass is 10.0. The van der Waals surface area contributed by atoms with E-state index in [1.54, 1.807) is 11.2 Å². The number of aliphatic hydroxyl groups excluding tert-OH is 1. The Kier molecular flexibility index (Phi) is 5.22. The van der Waals surface area contributed by atoms with Crippen molar-refractivity contribution in [3.63, 3.8) is 0 Å². The van der Waals surface area contributed by atoms with Gasteiger partial charge < -0.3 is 10.4 Å². The summed E-state index contributed by atoms with van der Waals surface area (Å²) >= 11 is 0. The first-order valence-electron chi connectivity index (χ1n) is 7.38. The first-order chi connectivity index (χ1) is 8.99. The van der Waals surface area contributed by atoms with Crippen LogP contribution >= 0.6 is 0 Å². The van der Waals surface area contributed by atoms with Crippen molar-refractivity contribution in [2.24, 2.45) is 5.92 Å². The summed E-state index contributed by atoms with van der Waals surface area (Å²) in [5, 5.41) is 12.9. The SMILES string of the molecule is CC(O)C1CCN(S(=O)(=O)CCC2CCCCN2)C1. The van der Waals surface area contributed by atoms with Crippen molar-refractivity contribution in [2.45, 2.75) is 51.2 Å². The van der Waals surface area contributed by atoms with Crippen LogP contribution in [0.4, 0.5) is 0 Å². The third-order valence-electron chi connectivity index (χ3n) is 4.40. The lowest BCUT2D eigenvalue weighted by Crippen LogP contribution is -2.38. The molecule has 0 aliphatic carbocycles. The van der Waals surface area contributed by atoms with Gasteiger partial charge in [0.05, 0.1) is 11.9 Å². The van der Waals surface area contributed by atoms with Gasteiger partial charge in [0.2, 0.25) is 10.0 Å². The molecule has 0 radical (unpaired) electrons. The van der Waals surface area contributed by atoms with Crippen molar-refractivity contribution >= 4 is 10.0 Å². The minimum absolute atomic E-state index is 0.0996. The normalized spacial score (nSPS) is 31.5. The monoisotopic (exact) mass is 290 g/mol. The number of aliphatic hydroxyl groups is 1. The van der Waals surface area contributed by atoms with Crippen molar-refractivity contribution in [3.05, 3.63) is 0 Å². The number of nitrogens with one attached hydrogen (secondary N) is 1. The molecule has 2 fully saturated rings. The Morgan fingerprint density at radius 2 is 2.16 bits per heavy atom. The van der Waals surface area contributed by atoms with Gasteiger partial charge in [-0.3, -0.25) is 0 Å². The highest BCUT2D eigenvalue weighted by Crippen LogP contribution is 2.23. The second-order valence-electron chi connectivity index (χ2n) is 5.90. The van der Waals surface area contributed by atoms with E-state index in [4.69, 9.17) is 0 Å². The third-order valence-corrected chi connectivity index (χ3v) is 6.27. The van der Waals surface area contributed by atoms with Gasteiger partial charge in [0.15, 0.2) is 0 Å². The van der Waals surface area contributed by atoms with Gasteiger partial charge in [0, 0.05) is 19.1 Å². The molecule has 0 saturated carbocycles. The molecule has 19 heavy (non-hydrogen) atoms. The minimum Gasteiger partial charge on any atom is -0.393 e. The second-order valence-corrected chi connectivity index (χ2v) is 7.99. The Morgan fingerprint density at radius 3 is 2.74 bits per heavy atom. The molecule has 2 N–H and O–H groups in total. The van der Waals surface area contributed by atoms with Crippen LogP contribution < -0.4 is 5.32 Å². The summed E-state index contributed by atoms with van der Waals surface area (Å²) in [5.74, 6) is 0.333. The number of hydrogen-bond acceptors (Lipinski definition) is 4. The molecule has 2 saturated heterocycles. The van der Waals surface area contributed by atoms with Crippen molar-refractivity contribution < 1.29 is 13.5 Å². The fraction of sp³-hybridized carbons (Fsp3) is 1.00. The van der Waals surface area contributed by atoms with Gasteiger partial charge in [0.1, 0.15) is 0 Å². The van der Waals surface area contributed by atoms with Crippen LogP contribution in [0.15, 0.2) is 0 Å². The number of sulfonamides is 1. The summed E-state index contributed by atoms with van der Waals surface area (Å²) in [7, 11) is -3.14. The summed E-state index contributed by atoms with van der Waals surface area (Å²) in [6.07, 6.45) is 4.56. The molecule has 2 rings (SSSR count). The molecule has 0 aromatic carbocycles. The minimum atomic E-state index is -3.14. The molecule has 0 aromatic rings. The summed E-state index contributed by atoms with van der Waals surface area (Å²) in [6.45, 7) is 3.80. The number of rotatable bonds is 5. The zero-order chi connectivity index (χ0) is 13.9. The van der Waals surface area contributed by atoms with Crippen LogP contribution in [0.5, 0.6) is 0 Å². The van der Waals surface area contributed by atoms with Crippen LogP contribution in [-0.2, 0) is 10.0 Å². The predicted octanol–water partition coefficient (Wildman–Crippen LogP) is 0.551. The van der Waals surface area contributed by atoms with E-state index in [9.17, 15) is 13.5 Å². The van der Waals surface area contributed by atoms with E-state index in [1.165, 1.54) is 12.8 Å². The zero-order valence-electron chi connectivity index (χ0n) is 11.7. The zero-order valence-corrected chi connectivity index (χ0v) is 12.5. The van der Waals surface area contributed by atoms with E-state index >= 15 is 0 Å². The molecular formula is C13H26N2O3S. The van der Waals surface area contributed by atoms with Crippen molar-refractivity contribution in [1.82, 2.24) is 9.62 Å². The standard InChI is InChI=1S/C13H26N2O3S/c1-11(16)12-5-8-15(10-12)19(17,18)9-6-13-4-2-3-7-14-13/h11-14,16H,2-10H2,1H3. The lowest BCUT2D eigenvalue weighted by Gasteiger charge is -2.24. The first kappa shape index (κ1) is 15.2. The summed E-state index contributed by atoms with van der Waals surface area (Å²) in [6, 6.07) is 0.360. The highest BCUT2D eigenvalue weighted by Gasteiger charge is 2.33. The highest BCUT2D eigenvalue weighted by molar-refractivity contribution is 7.89. The predicted molar refractivity (Wildman–Crippen MR) is 75.4 cm³/mol. The molecule has 5 nitrogen and oxygen atoms in total. The topological polar surface area (TPSA) is 69.6 Å². The molecule has 6 heteroatoms. The van der Waals surface area contributed by atoms with Gasteiger partial charge in [-0.15, -0.1) is 0 Å². The van der Waals surface area contributed by atoms with E-state index in [1.807, 2.05) is 0 Å². The summed E-state index contributed by atoms with van der Waals surface area (Å²) < 4.78 is 26.1. The quantitative estimate of drug-likeness (QED) is 0.776. The first-order valence-corrected chi connectivity index (χ1v) is 8.99. The average molecular weight is 290 g/mol. The van der Waals surface area contributed by atoms with Gasteiger partial charge in [-0.05, 0) is 45.1 Å². The fourth-order valence-corrected chi connectivity index (χ4v) is 4.63. The van der Waals surface area contributed by atoms with Crippen molar-refractivity contribution in [3.8, 4) is 0 Å². The number of piperidine rings is 1. The molecular weight excluding hydrogens is 264 g/mol. The smallest absolute Gasteiger partial charge is 0.214 e. The van der Waals surface area contributed by atoms with E-state index in [0.717, 1.165) is 19.4 Å². The Hall–Kier alpha value is -0.170. The van der Waals surface area contributed by atoms with Gasteiger partial charge >= 0.3 is 0 Å². The Balaban J connectivity index is 1.81. The van der Waals surface area contributed by atoms with E-state index < -0.39 is 16.1 Å². The largest absolute Gasteiger partial charge is 0.393 e. The Bertz CT molecular complexity index is 377. The average Bonchev–Trinajstić information content (AvgIpc) is 2.88. The number of nitrogens with zero attached hydrogens (tertiary/aromatic N) is 1. The molecule has 2 aliphatic rings. The highest BCUT2D eigenvalue weighted by atomic mass is 32.2. The van der Waals surface area contributed by atoms with E-state index in [2.05, 4.69) is 5.32 Å². The van der Waals surface area contributed by atoms with Crippen LogP contribution in [0.25, 0.3) is 0 Å². The summed E-state index contributed by atoms with van der Waals surface area (Å²) in [5.41, 5.74) is 0. The molecule has 2 heterocycles. The molecule has 0 amide bonds. The molecule has 0 spiro atoms. The van der Waals surface area contributed by atoms with Crippen LogP contribution in [0, 0.1) is 5.92 Å². The van der Waals surface area contributed by atoms with Crippen LogP contribution in [0.3, 0.4) is 0 Å². The Morgan fingerprint density at radius 1 is 1.37 bits per heavy atom. The van der Waals surface area contributed by atoms with Gasteiger partial charge in [0.25, 0.3) is 0 Å². The van der Waals surface area contributed by atoms with Crippen molar-refractivity contribution in [2.75, 3.05) is 25.4 Å². The fourth-order valence-electron chi connectivity index (χ4n) is 2.99. The van der Waals surface area contributed by atoms with E-state index in [0.29, 0.717) is 25.6 Å². The third kappa shape index (κ3) is 4.15. The lowest BCUT2D eigenvalue weighted by molar-refractivity contribution is 0.133. The van der Waals surface area contributed by atoms with Crippen LogP contribution in [-0.4, -0.2) is 55.4 Å². The van der Waals surface area contributed by atoms with E-state index in [-0.39, 0.29) is 11.7 Å². The molecule has 0 bridgehead atoms. The maximum absolute atomic E-state index is 12.3. The second kappa shape index (κ2) is 6.52. The van der Waals surface area contributed by atoms with Crippen LogP contribution in [0.2, 0.25) is 0 Å². The maximum Gasteiger partial charge on any atom is 0.214 e. The van der Waals surface area contributed by atoms with Crippen LogP contribution in [0.1, 0.15) is 39.0 Å². The van der Waals surface area contributed by atoms with Gasteiger partial charge in [-0.2, -0.15) is 0 Å².